The van der Waals surface area contributed by atoms with Gasteiger partial charge in [-0.05, 0) is 19.8 Å². The van der Waals surface area contributed by atoms with Crippen LogP contribution in [0.25, 0.3) is 0 Å². The third kappa shape index (κ3) is 5.09. The standard InChI is InChI=1S/C14H24N2O3/c1-4-6-12(5-2)15-14(18)16-7-8-19-10-13(16)9-11(3)17/h1,11-13,17H,5-10H2,2-3H3,(H,15,18)/t11-,12-,13+/m0/s1. The second-order valence-corrected chi connectivity index (χ2v) is 4.97. The molecule has 0 saturated carbocycles. The molecule has 1 rings (SSSR count). The van der Waals surface area contributed by atoms with Gasteiger partial charge in [-0.2, -0.15) is 0 Å². The summed E-state index contributed by atoms with van der Waals surface area (Å²) in [6.07, 6.45) is 6.70. The first-order valence-corrected chi connectivity index (χ1v) is 6.84. The minimum absolute atomic E-state index is 0.00699. The maximum absolute atomic E-state index is 12.2. The Morgan fingerprint density at radius 2 is 2.42 bits per heavy atom. The normalized spacial score (nSPS) is 22.4. The topological polar surface area (TPSA) is 61.8 Å². The average molecular weight is 268 g/mol. The number of nitrogens with one attached hydrogen (secondary N) is 1. The summed E-state index contributed by atoms with van der Waals surface area (Å²) in [5.41, 5.74) is 0. The highest BCUT2D eigenvalue weighted by Gasteiger charge is 2.29. The number of ether oxygens (including phenoxy) is 1. The van der Waals surface area contributed by atoms with E-state index >= 15 is 0 Å². The molecule has 1 fully saturated rings. The Labute approximate surface area is 115 Å². The van der Waals surface area contributed by atoms with Gasteiger partial charge < -0.3 is 20.1 Å². The Morgan fingerprint density at radius 3 is 3.00 bits per heavy atom. The zero-order valence-corrected chi connectivity index (χ0v) is 11.8. The highest BCUT2D eigenvalue weighted by atomic mass is 16.5. The summed E-state index contributed by atoms with van der Waals surface area (Å²) in [5, 5.41) is 12.4. The first kappa shape index (κ1) is 15.8. The van der Waals surface area contributed by atoms with Gasteiger partial charge in [0.15, 0.2) is 0 Å². The number of rotatable bonds is 5. The largest absolute Gasteiger partial charge is 0.393 e. The van der Waals surface area contributed by atoms with E-state index in [9.17, 15) is 9.90 Å². The Bertz CT molecular complexity index is 325. The smallest absolute Gasteiger partial charge is 0.318 e. The Balaban J connectivity index is 2.58. The minimum atomic E-state index is -0.449. The molecule has 19 heavy (non-hydrogen) atoms. The minimum Gasteiger partial charge on any atom is -0.393 e. The number of terminal acetylenes is 1. The van der Waals surface area contributed by atoms with Crippen LogP contribution in [-0.2, 0) is 4.74 Å². The number of urea groups is 1. The molecule has 1 aliphatic heterocycles. The van der Waals surface area contributed by atoms with Crippen molar-refractivity contribution in [3.05, 3.63) is 0 Å². The van der Waals surface area contributed by atoms with Crippen LogP contribution < -0.4 is 5.32 Å². The summed E-state index contributed by atoms with van der Waals surface area (Å²) in [5.74, 6) is 2.57. The van der Waals surface area contributed by atoms with Gasteiger partial charge in [0.25, 0.3) is 0 Å². The molecule has 1 heterocycles. The summed E-state index contributed by atoms with van der Waals surface area (Å²) in [6, 6.07) is -0.180. The molecule has 0 aromatic heterocycles. The fourth-order valence-electron chi connectivity index (χ4n) is 2.21. The van der Waals surface area contributed by atoms with E-state index in [2.05, 4.69) is 11.2 Å². The van der Waals surface area contributed by atoms with E-state index in [-0.39, 0.29) is 18.1 Å². The van der Waals surface area contributed by atoms with Crippen LogP contribution in [0.2, 0.25) is 0 Å². The molecular formula is C14H24N2O3. The van der Waals surface area contributed by atoms with Crippen LogP contribution in [0.15, 0.2) is 0 Å². The highest BCUT2D eigenvalue weighted by molar-refractivity contribution is 5.75. The van der Waals surface area contributed by atoms with Crippen molar-refractivity contribution in [2.24, 2.45) is 0 Å². The van der Waals surface area contributed by atoms with Gasteiger partial charge in [0.1, 0.15) is 0 Å². The van der Waals surface area contributed by atoms with E-state index in [1.165, 1.54) is 0 Å². The maximum atomic E-state index is 12.2. The lowest BCUT2D eigenvalue weighted by atomic mass is 10.1. The number of nitrogens with zero attached hydrogens (tertiary/aromatic N) is 1. The summed E-state index contributed by atoms with van der Waals surface area (Å²) in [7, 11) is 0. The van der Waals surface area contributed by atoms with Crippen LogP contribution in [0.4, 0.5) is 4.79 Å². The number of hydrogen-bond acceptors (Lipinski definition) is 3. The SMILES string of the molecule is C#CC[C@H](CC)NC(=O)N1CCOC[C@H]1C[C@H](C)O. The van der Waals surface area contributed by atoms with Crippen molar-refractivity contribution in [2.75, 3.05) is 19.8 Å². The van der Waals surface area contributed by atoms with E-state index < -0.39 is 6.10 Å². The zero-order chi connectivity index (χ0) is 14.3. The van der Waals surface area contributed by atoms with Gasteiger partial charge in [-0.1, -0.05) is 6.92 Å². The van der Waals surface area contributed by atoms with Gasteiger partial charge in [-0.15, -0.1) is 12.3 Å². The van der Waals surface area contributed by atoms with Crippen LogP contribution in [0, 0.1) is 12.3 Å². The van der Waals surface area contributed by atoms with Gasteiger partial charge in [0.05, 0.1) is 25.4 Å². The fourth-order valence-corrected chi connectivity index (χ4v) is 2.21. The Kier molecular flexibility index (Phi) is 6.68. The molecule has 0 radical (unpaired) electrons. The molecule has 0 aromatic rings. The third-order valence-corrected chi connectivity index (χ3v) is 3.29. The molecule has 3 atom stereocenters. The second kappa shape index (κ2) is 8.03. The molecule has 0 aromatic carbocycles. The predicted molar refractivity (Wildman–Crippen MR) is 73.7 cm³/mol. The first-order valence-electron chi connectivity index (χ1n) is 6.84. The number of morpholine rings is 1. The molecule has 2 amide bonds. The molecule has 1 aliphatic rings. The number of amides is 2. The second-order valence-electron chi connectivity index (χ2n) is 4.97. The maximum Gasteiger partial charge on any atom is 0.318 e. The molecule has 2 N–H and O–H groups in total. The van der Waals surface area contributed by atoms with Crippen LogP contribution in [0.5, 0.6) is 0 Å². The molecular weight excluding hydrogens is 244 g/mol. The first-order chi connectivity index (χ1) is 9.08. The molecule has 0 unspecified atom stereocenters. The molecule has 1 saturated heterocycles. The summed E-state index contributed by atoms with van der Waals surface area (Å²) in [4.78, 5) is 14.0. The average Bonchev–Trinajstić information content (AvgIpc) is 2.38. The highest BCUT2D eigenvalue weighted by Crippen LogP contribution is 2.13. The van der Waals surface area contributed by atoms with Crippen LogP contribution >= 0.6 is 0 Å². The number of aliphatic hydroxyl groups excluding tert-OH is 1. The van der Waals surface area contributed by atoms with Crippen molar-refractivity contribution in [3.63, 3.8) is 0 Å². The monoisotopic (exact) mass is 268 g/mol. The van der Waals surface area contributed by atoms with Crippen molar-refractivity contribution in [3.8, 4) is 12.3 Å². The molecule has 0 bridgehead atoms. The Morgan fingerprint density at radius 1 is 1.68 bits per heavy atom. The third-order valence-electron chi connectivity index (χ3n) is 3.29. The van der Waals surface area contributed by atoms with E-state index in [0.717, 1.165) is 6.42 Å². The lowest BCUT2D eigenvalue weighted by Gasteiger charge is -2.37. The van der Waals surface area contributed by atoms with Gasteiger partial charge in [0, 0.05) is 19.0 Å². The number of hydrogen-bond donors (Lipinski definition) is 2. The molecule has 5 heteroatoms. The summed E-state index contributed by atoms with van der Waals surface area (Å²) in [6.45, 7) is 5.28. The van der Waals surface area contributed by atoms with Crippen LogP contribution in [0.3, 0.4) is 0 Å². The van der Waals surface area contributed by atoms with Gasteiger partial charge in [0.2, 0.25) is 0 Å². The quantitative estimate of drug-likeness (QED) is 0.730. The number of aliphatic hydroxyl groups is 1. The van der Waals surface area contributed by atoms with E-state index in [1.807, 2.05) is 6.92 Å². The molecule has 5 nitrogen and oxygen atoms in total. The van der Waals surface area contributed by atoms with Crippen molar-refractivity contribution in [1.82, 2.24) is 10.2 Å². The van der Waals surface area contributed by atoms with Gasteiger partial charge in [-0.25, -0.2) is 4.79 Å². The molecule has 0 aliphatic carbocycles. The number of carbonyl (C=O) groups is 1. The van der Waals surface area contributed by atoms with Crippen LogP contribution in [0.1, 0.15) is 33.1 Å². The Hall–Kier alpha value is -1.25. The zero-order valence-electron chi connectivity index (χ0n) is 11.8. The molecule has 0 spiro atoms. The van der Waals surface area contributed by atoms with E-state index in [1.54, 1.807) is 11.8 Å². The fraction of sp³-hybridized carbons (Fsp3) is 0.786. The summed E-state index contributed by atoms with van der Waals surface area (Å²) >= 11 is 0. The van der Waals surface area contributed by atoms with Gasteiger partial charge >= 0.3 is 6.03 Å². The van der Waals surface area contributed by atoms with Crippen molar-refractivity contribution >= 4 is 6.03 Å². The lowest BCUT2D eigenvalue weighted by molar-refractivity contribution is -0.00481. The predicted octanol–water partition coefficient (Wildman–Crippen LogP) is 0.970. The lowest BCUT2D eigenvalue weighted by Crippen LogP contribution is -2.54. The number of carbonyl (C=O) groups excluding carboxylic acids is 1. The van der Waals surface area contributed by atoms with Crippen LogP contribution in [-0.4, -0.2) is 54.0 Å². The van der Waals surface area contributed by atoms with E-state index in [0.29, 0.717) is 32.6 Å². The van der Waals surface area contributed by atoms with Crippen molar-refractivity contribution < 1.29 is 14.6 Å². The van der Waals surface area contributed by atoms with E-state index in [4.69, 9.17) is 11.2 Å². The van der Waals surface area contributed by atoms with Crippen molar-refractivity contribution in [1.29, 1.82) is 0 Å². The summed E-state index contributed by atoms with van der Waals surface area (Å²) < 4.78 is 5.38. The molecule has 108 valence electrons. The van der Waals surface area contributed by atoms with Crippen molar-refractivity contribution in [2.45, 2.75) is 51.3 Å². The van der Waals surface area contributed by atoms with Gasteiger partial charge in [-0.3, -0.25) is 0 Å².